The third kappa shape index (κ3) is 7.33. The number of nitrogens with one attached hydrogen (secondary N) is 1. The number of carboxylic acid groups (broad SMARTS) is 1. The van der Waals surface area contributed by atoms with E-state index in [0.717, 1.165) is 17.1 Å². The molecule has 218 valence electrons. The number of benzene rings is 3. The van der Waals surface area contributed by atoms with Crippen molar-refractivity contribution < 1.29 is 28.6 Å². The van der Waals surface area contributed by atoms with Gasteiger partial charge in [0.1, 0.15) is 30.5 Å². The number of aryl methyl sites for hydroxylation is 2. The topological polar surface area (TPSA) is 115 Å². The first kappa shape index (κ1) is 29.2. The number of carbonyl (C=O) groups excluding carboxylic acids is 1. The Bertz CT molecular complexity index is 1770. The number of nitrogens with zero attached hydrogens (tertiary/aromatic N) is 2. The summed E-state index contributed by atoms with van der Waals surface area (Å²) >= 11 is 6.34. The smallest absolute Gasteiger partial charge is 0.335 e. The molecule has 0 saturated carbocycles. The van der Waals surface area contributed by atoms with Crippen LogP contribution in [0.3, 0.4) is 0 Å². The lowest BCUT2D eigenvalue weighted by molar-refractivity contribution is 0.0696. The van der Waals surface area contributed by atoms with Crippen molar-refractivity contribution in [1.29, 1.82) is 0 Å². The largest absolute Gasteiger partial charge is 0.487 e. The minimum Gasteiger partial charge on any atom is -0.487 e. The van der Waals surface area contributed by atoms with Crippen LogP contribution >= 0.6 is 11.6 Å². The van der Waals surface area contributed by atoms with Crippen LogP contribution in [-0.4, -0.2) is 27.8 Å². The van der Waals surface area contributed by atoms with Crippen molar-refractivity contribution in [2.24, 2.45) is 5.10 Å². The molecule has 0 spiro atoms. The average Bonchev–Trinajstić information content (AvgIpc) is 3.62. The Morgan fingerprint density at radius 1 is 0.930 bits per heavy atom. The highest BCUT2D eigenvalue weighted by molar-refractivity contribution is 6.32. The van der Waals surface area contributed by atoms with Gasteiger partial charge in [0.05, 0.1) is 16.8 Å². The maximum Gasteiger partial charge on any atom is 0.335 e. The Kier molecular flexibility index (Phi) is 8.93. The van der Waals surface area contributed by atoms with Crippen LogP contribution in [0.1, 0.15) is 49.2 Å². The number of hydrazone groups is 1. The number of furan rings is 1. The van der Waals surface area contributed by atoms with Gasteiger partial charge < -0.3 is 23.6 Å². The van der Waals surface area contributed by atoms with Crippen LogP contribution in [-0.2, 0) is 13.2 Å². The van der Waals surface area contributed by atoms with Gasteiger partial charge in [-0.15, -0.1) is 0 Å². The van der Waals surface area contributed by atoms with Crippen LogP contribution in [0.5, 0.6) is 11.5 Å². The number of carboxylic acids is 1. The lowest BCUT2D eigenvalue weighted by Gasteiger charge is -2.10. The fraction of sp³-hybridized carbons (Fsp3) is 0.121. The summed E-state index contributed by atoms with van der Waals surface area (Å²) in [7, 11) is 0. The molecule has 0 unspecified atom stereocenters. The van der Waals surface area contributed by atoms with Crippen molar-refractivity contribution in [3.05, 3.63) is 136 Å². The monoisotopic (exact) mass is 597 g/mol. The summed E-state index contributed by atoms with van der Waals surface area (Å²) in [6.07, 6.45) is 1.44. The number of aromatic nitrogens is 1. The number of aromatic carboxylic acids is 1. The van der Waals surface area contributed by atoms with E-state index in [2.05, 4.69) is 41.1 Å². The SMILES string of the molecule is Cc1ccc(C)n1-c1ccc(OCc2ccc(C(=O)N/N=C/c3ccc(OCc4cccc(C(=O)O)c4)c(Cl)c3)o2)cc1. The molecule has 3 aromatic carbocycles. The molecule has 1 amide bonds. The van der Waals surface area contributed by atoms with Crippen molar-refractivity contribution in [3.63, 3.8) is 0 Å². The van der Waals surface area contributed by atoms with Gasteiger partial charge in [-0.3, -0.25) is 4.79 Å². The summed E-state index contributed by atoms with van der Waals surface area (Å²) in [5, 5.41) is 13.5. The zero-order valence-electron chi connectivity index (χ0n) is 23.4. The van der Waals surface area contributed by atoms with Gasteiger partial charge in [-0.25, -0.2) is 10.2 Å². The van der Waals surface area contributed by atoms with Gasteiger partial charge in [0, 0.05) is 17.1 Å². The van der Waals surface area contributed by atoms with Gasteiger partial charge in [0.2, 0.25) is 0 Å². The molecule has 0 aliphatic heterocycles. The number of amides is 1. The Balaban J connectivity index is 1.10. The number of hydrogen-bond donors (Lipinski definition) is 2. The Morgan fingerprint density at radius 3 is 2.42 bits per heavy atom. The molecular formula is C33H28ClN3O6. The highest BCUT2D eigenvalue weighted by Gasteiger charge is 2.12. The van der Waals surface area contributed by atoms with E-state index in [1.165, 1.54) is 12.3 Å². The molecule has 9 nitrogen and oxygen atoms in total. The Hall–Kier alpha value is -5.28. The second kappa shape index (κ2) is 13.1. The van der Waals surface area contributed by atoms with Gasteiger partial charge in [-0.1, -0.05) is 23.7 Å². The van der Waals surface area contributed by atoms with Gasteiger partial charge in [0.15, 0.2) is 5.76 Å². The van der Waals surface area contributed by atoms with Crippen molar-refractivity contribution in [2.75, 3.05) is 0 Å². The van der Waals surface area contributed by atoms with Gasteiger partial charge >= 0.3 is 11.9 Å². The van der Waals surface area contributed by atoms with Crippen LogP contribution in [0.2, 0.25) is 5.02 Å². The number of ether oxygens (including phenoxy) is 2. The summed E-state index contributed by atoms with van der Waals surface area (Å²) in [6.45, 7) is 4.44. The van der Waals surface area contributed by atoms with E-state index in [1.54, 1.807) is 48.5 Å². The molecule has 0 radical (unpaired) electrons. The van der Waals surface area contributed by atoms with E-state index in [4.69, 9.17) is 30.6 Å². The van der Waals surface area contributed by atoms with E-state index < -0.39 is 11.9 Å². The molecule has 2 heterocycles. The minimum atomic E-state index is -1.01. The molecule has 10 heteroatoms. The number of hydrogen-bond acceptors (Lipinski definition) is 6. The van der Waals surface area contributed by atoms with E-state index in [1.807, 2.05) is 24.3 Å². The first-order chi connectivity index (χ1) is 20.8. The summed E-state index contributed by atoms with van der Waals surface area (Å²) in [5.41, 5.74) is 7.30. The van der Waals surface area contributed by atoms with E-state index >= 15 is 0 Å². The van der Waals surface area contributed by atoms with Crippen LogP contribution in [0, 0.1) is 13.8 Å². The molecule has 0 saturated heterocycles. The predicted molar refractivity (Wildman–Crippen MR) is 163 cm³/mol. The normalized spacial score (nSPS) is 11.0. The molecule has 43 heavy (non-hydrogen) atoms. The standard InChI is InChI=1S/C33H28ClN3O6/c1-21-6-7-22(2)37(21)26-9-11-27(12-10-26)41-20-28-13-15-31(43-28)32(38)36-35-18-23-8-14-30(29(34)17-23)42-19-24-4-3-5-25(16-24)33(39)40/h3-18H,19-20H2,1-2H3,(H,36,38)(H,39,40)/b35-18+. The number of halogens is 1. The lowest BCUT2D eigenvalue weighted by Crippen LogP contribution is -2.16. The van der Waals surface area contributed by atoms with Crippen LogP contribution in [0.4, 0.5) is 0 Å². The zero-order valence-corrected chi connectivity index (χ0v) is 24.2. The first-order valence-corrected chi connectivity index (χ1v) is 13.7. The molecule has 5 rings (SSSR count). The summed E-state index contributed by atoms with van der Waals surface area (Å²) in [4.78, 5) is 23.6. The second-order valence-corrected chi connectivity index (χ2v) is 10.1. The minimum absolute atomic E-state index is 0.0957. The summed E-state index contributed by atoms with van der Waals surface area (Å²) < 4.78 is 19.3. The van der Waals surface area contributed by atoms with Crippen LogP contribution in [0.15, 0.2) is 101 Å². The fourth-order valence-corrected chi connectivity index (χ4v) is 4.63. The second-order valence-electron chi connectivity index (χ2n) is 9.68. The molecule has 0 atom stereocenters. The predicted octanol–water partition coefficient (Wildman–Crippen LogP) is 6.96. The fourth-order valence-electron chi connectivity index (χ4n) is 4.39. The number of carbonyl (C=O) groups is 2. The quantitative estimate of drug-likeness (QED) is 0.126. The molecule has 0 aliphatic rings. The Morgan fingerprint density at radius 2 is 1.70 bits per heavy atom. The zero-order chi connectivity index (χ0) is 30.3. The van der Waals surface area contributed by atoms with Crippen LogP contribution < -0.4 is 14.9 Å². The van der Waals surface area contributed by atoms with Crippen LogP contribution in [0.25, 0.3) is 5.69 Å². The Labute approximate surface area is 252 Å². The van der Waals surface area contributed by atoms with E-state index in [0.29, 0.717) is 33.4 Å². The number of rotatable bonds is 11. The maximum atomic E-state index is 12.5. The lowest BCUT2D eigenvalue weighted by atomic mass is 10.1. The van der Waals surface area contributed by atoms with E-state index in [9.17, 15) is 9.59 Å². The molecule has 0 bridgehead atoms. The molecule has 2 N–H and O–H groups in total. The van der Waals surface area contributed by atoms with Gasteiger partial charge in [0.25, 0.3) is 0 Å². The molecule has 0 fully saturated rings. The third-order valence-corrected chi connectivity index (χ3v) is 6.83. The first-order valence-electron chi connectivity index (χ1n) is 13.3. The molecule has 0 aliphatic carbocycles. The molecule has 2 aromatic heterocycles. The van der Waals surface area contributed by atoms with Crippen molar-refractivity contribution in [2.45, 2.75) is 27.1 Å². The van der Waals surface area contributed by atoms with Crippen molar-refractivity contribution in [3.8, 4) is 17.2 Å². The van der Waals surface area contributed by atoms with Gasteiger partial charge in [-0.05, 0) is 104 Å². The maximum absolute atomic E-state index is 12.5. The summed E-state index contributed by atoms with van der Waals surface area (Å²) in [6, 6.07) is 26.7. The third-order valence-electron chi connectivity index (χ3n) is 6.54. The summed E-state index contributed by atoms with van der Waals surface area (Å²) in [5.74, 6) is 0.175. The highest BCUT2D eigenvalue weighted by atomic mass is 35.5. The average molecular weight is 598 g/mol. The van der Waals surface area contributed by atoms with Gasteiger partial charge in [-0.2, -0.15) is 5.10 Å². The molecule has 5 aromatic rings. The highest BCUT2D eigenvalue weighted by Crippen LogP contribution is 2.26. The van der Waals surface area contributed by atoms with Crippen molar-refractivity contribution in [1.82, 2.24) is 9.99 Å². The van der Waals surface area contributed by atoms with Crippen molar-refractivity contribution >= 4 is 29.7 Å². The van der Waals surface area contributed by atoms with E-state index in [-0.39, 0.29) is 24.5 Å². The molecular weight excluding hydrogens is 570 g/mol.